The molecule has 0 aliphatic carbocycles. The van der Waals surface area contributed by atoms with Gasteiger partial charge in [-0.15, -0.1) is 0 Å². The number of hydrogen-bond donors (Lipinski definition) is 0. The fourth-order valence-corrected chi connectivity index (χ4v) is 4.01. The SMILES string of the molecule is CC(CN1CCCCCC1)N1CCN(Cc2ccccc2)CC1. The fourth-order valence-electron chi connectivity index (χ4n) is 4.01. The normalized spacial score (nSPS) is 23.5. The summed E-state index contributed by atoms with van der Waals surface area (Å²) in [6.45, 7) is 12.3. The van der Waals surface area contributed by atoms with Crippen molar-refractivity contribution in [2.24, 2.45) is 0 Å². The highest BCUT2D eigenvalue weighted by Gasteiger charge is 2.22. The molecule has 1 aromatic rings. The van der Waals surface area contributed by atoms with Crippen LogP contribution in [0.15, 0.2) is 30.3 Å². The van der Waals surface area contributed by atoms with Crippen LogP contribution >= 0.6 is 0 Å². The summed E-state index contributed by atoms with van der Waals surface area (Å²) in [7, 11) is 0. The average Bonchev–Trinajstić information content (AvgIpc) is 2.85. The van der Waals surface area contributed by atoms with Gasteiger partial charge in [0.25, 0.3) is 0 Å². The Morgan fingerprint density at radius 3 is 2.09 bits per heavy atom. The lowest BCUT2D eigenvalue weighted by molar-refractivity contribution is 0.0792. The summed E-state index contributed by atoms with van der Waals surface area (Å²) in [4.78, 5) is 8.00. The second-order valence-corrected chi connectivity index (χ2v) is 7.36. The molecule has 1 aromatic carbocycles. The summed E-state index contributed by atoms with van der Waals surface area (Å²) in [6.07, 6.45) is 5.67. The molecule has 2 fully saturated rings. The van der Waals surface area contributed by atoms with Crippen LogP contribution in [0.4, 0.5) is 0 Å². The molecule has 0 radical (unpaired) electrons. The Labute approximate surface area is 142 Å². The summed E-state index contributed by atoms with van der Waals surface area (Å²) < 4.78 is 0. The summed E-state index contributed by atoms with van der Waals surface area (Å²) in [5.74, 6) is 0. The van der Waals surface area contributed by atoms with Crippen LogP contribution in [0.3, 0.4) is 0 Å². The predicted molar refractivity (Wildman–Crippen MR) is 97.7 cm³/mol. The highest BCUT2D eigenvalue weighted by Crippen LogP contribution is 2.14. The van der Waals surface area contributed by atoms with Gasteiger partial charge in [-0.2, -0.15) is 0 Å². The van der Waals surface area contributed by atoms with E-state index in [1.54, 1.807) is 0 Å². The highest BCUT2D eigenvalue weighted by atomic mass is 15.3. The number of piperazine rings is 1. The predicted octanol–water partition coefficient (Wildman–Crippen LogP) is 3.07. The van der Waals surface area contributed by atoms with Gasteiger partial charge in [-0.1, -0.05) is 43.2 Å². The van der Waals surface area contributed by atoms with Crippen LogP contribution in [0.1, 0.15) is 38.2 Å². The topological polar surface area (TPSA) is 9.72 Å². The second-order valence-electron chi connectivity index (χ2n) is 7.36. The minimum absolute atomic E-state index is 0.701. The average molecular weight is 316 g/mol. The van der Waals surface area contributed by atoms with E-state index >= 15 is 0 Å². The van der Waals surface area contributed by atoms with Crippen LogP contribution in [0, 0.1) is 0 Å². The molecule has 2 saturated heterocycles. The minimum Gasteiger partial charge on any atom is -0.302 e. The Morgan fingerprint density at radius 2 is 1.43 bits per heavy atom. The van der Waals surface area contributed by atoms with Gasteiger partial charge >= 0.3 is 0 Å². The smallest absolute Gasteiger partial charge is 0.0234 e. The Bertz CT molecular complexity index is 431. The molecule has 2 aliphatic rings. The molecule has 128 valence electrons. The molecule has 3 heteroatoms. The summed E-state index contributed by atoms with van der Waals surface area (Å²) in [5, 5.41) is 0. The van der Waals surface area contributed by atoms with Crippen LogP contribution in [0.25, 0.3) is 0 Å². The van der Waals surface area contributed by atoms with Crippen molar-refractivity contribution in [2.45, 2.75) is 45.2 Å². The molecule has 2 heterocycles. The molecule has 1 atom stereocenters. The third kappa shape index (κ3) is 5.30. The molecular formula is C20H33N3. The maximum Gasteiger partial charge on any atom is 0.0234 e. The van der Waals surface area contributed by atoms with Crippen molar-refractivity contribution in [3.63, 3.8) is 0 Å². The van der Waals surface area contributed by atoms with Crippen molar-refractivity contribution in [3.05, 3.63) is 35.9 Å². The Kier molecular flexibility index (Phi) is 6.49. The molecule has 3 rings (SSSR count). The monoisotopic (exact) mass is 315 g/mol. The molecule has 0 spiro atoms. The molecular weight excluding hydrogens is 282 g/mol. The molecule has 0 bridgehead atoms. The van der Waals surface area contributed by atoms with Crippen molar-refractivity contribution in [1.82, 2.24) is 14.7 Å². The molecule has 3 nitrogen and oxygen atoms in total. The first kappa shape index (κ1) is 16.9. The maximum absolute atomic E-state index is 2.70. The number of likely N-dealkylation sites (tertiary alicyclic amines) is 1. The van der Waals surface area contributed by atoms with Gasteiger partial charge in [-0.25, -0.2) is 0 Å². The van der Waals surface area contributed by atoms with Gasteiger partial charge in [0.05, 0.1) is 0 Å². The molecule has 2 aliphatic heterocycles. The third-order valence-electron chi connectivity index (χ3n) is 5.50. The molecule has 0 saturated carbocycles. The van der Waals surface area contributed by atoms with E-state index in [2.05, 4.69) is 52.0 Å². The largest absolute Gasteiger partial charge is 0.302 e. The Hall–Kier alpha value is -0.900. The van der Waals surface area contributed by atoms with Gasteiger partial charge < -0.3 is 4.90 Å². The molecule has 0 amide bonds. The van der Waals surface area contributed by atoms with Crippen LogP contribution < -0.4 is 0 Å². The lowest BCUT2D eigenvalue weighted by Crippen LogP contribution is -2.52. The first-order valence-electron chi connectivity index (χ1n) is 9.54. The zero-order chi connectivity index (χ0) is 15.9. The van der Waals surface area contributed by atoms with Crippen LogP contribution in [0.2, 0.25) is 0 Å². The van der Waals surface area contributed by atoms with E-state index in [4.69, 9.17) is 0 Å². The van der Waals surface area contributed by atoms with E-state index in [1.165, 1.54) is 77.1 Å². The van der Waals surface area contributed by atoms with Gasteiger partial charge in [0.2, 0.25) is 0 Å². The lowest BCUT2D eigenvalue weighted by atomic mass is 10.1. The number of rotatable bonds is 5. The zero-order valence-electron chi connectivity index (χ0n) is 14.8. The van der Waals surface area contributed by atoms with Crippen LogP contribution in [0.5, 0.6) is 0 Å². The summed E-state index contributed by atoms with van der Waals surface area (Å²) in [5.41, 5.74) is 1.44. The van der Waals surface area contributed by atoms with Gasteiger partial charge in [-0.05, 0) is 38.4 Å². The molecule has 1 unspecified atom stereocenters. The first-order valence-corrected chi connectivity index (χ1v) is 9.54. The highest BCUT2D eigenvalue weighted by molar-refractivity contribution is 5.14. The third-order valence-corrected chi connectivity index (χ3v) is 5.50. The van der Waals surface area contributed by atoms with Gasteiger partial charge in [0.15, 0.2) is 0 Å². The van der Waals surface area contributed by atoms with Crippen molar-refractivity contribution in [1.29, 1.82) is 0 Å². The van der Waals surface area contributed by atoms with E-state index in [1.807, 2.05) is 0 Å². The van der Waals surface area contributed by atoms with E-state index < -0.39 is 0 Å². The van der Waals surface area contributed by atoms with E-state index in [0.717, 1.165) is 6.54 Å². The lowest BCUT2D eigenvalue weighted by Gasteiger charge is -2.39. The van der Waals surface area contributed by atoms with Crippen LogP contribution in [-0.2, 0) is 6.54 Å². The van der Waals surface area contributed by atoms with Gasteiger partial charge in [0, 0.05) is 45.3 Å². The number of benzene rings is 1. The van der Waals surface area contributed by atoms with E-state index in [0.29, 0.717) is 6.04 Å². The Morgan fingerprint density at radius 1 is 0.783 bits per heavy atom. The van der Waals surface area contributed by atoms with E-state index in [-0.39, 0.29) is 0 Å². The molecule has 0 N–H and O–H groups in total. The quantitative estimate of drug-likeness (QED) is 0.827. The second kappa shape index (κ2) is 8.81. The van der Waals surface area contributed by atoms with Crippen molar-refractivity contribution in [3.8, 4) is 0 Å². The van der Waals surface area contributed by atoms with Crippen LogP contribution in [-0.4, -0.2) is 66.6 Å². The Balaban J connectivity index is 1.41. The number of nitrogens with zero attached hydrogens (tertiary/aromatic N) is 3. The van der Waals surface area contributed by atoms with Gasteiger partial charge in [0.1, 0.15) is 0 Å². The summed E-state index contributed by atoms with van der Waals surface area (Å²) >= 11 is 0. The molecule has 23 heavy (non-hydrogen) atoms. The minimum atomic E-state index is 0.701. The maximum atomic E-state index is 2.70. The first-order chi connectivity index (χ1) is 11.3. The zero-order valence-corrected chi connectivity index (χ0v) is 14.8. The van der Waals surface area contributed by atoms with Crippen molar-refractivity contribution >= 4 is 0 Å². The number of hydrogen-bond acceptors (Lipinski definition) is 3. The van der Waals surface area contributed by atoms with Gasteiger partial charge in [-0.3, -0.25) is 9.80 Å². The molecule has 0 aromatic heterocycles. The van der Waals surface area contributed by atoms with Crippen molar-refractivity contribution < 1.29 is 0 Å². The fraction of sp³-hybridized carbons (Fsp3) is 0.700. The summed E-state index contributed by atoms with van der Waals surface area (Å²) in [6, 6.07) is 11.6. The van der Waals surface area contributed by atoms with E-state index in [9.17, 15) is 0 Å². The standard InChI is InChI=1S/C20H33N3/c1-19(17-21-11-7-2-3-8-12-21)23-15-13-22(14-16-23)18-20-9-5-4-6-10-20/h4-6,9-10,19H,2-3,7-8,11-18H2,1H3. The van der Waals surface area contributed by atoms with Crippen molar-refractivity contribution in [2.75, 3.05) is 45.8 Å².